The van der Waals surface area contributed by atoms with Gasteiger partial charge in [-0.25, -0.2) is 8.42 Å². The number of sulfone groups is 1. The molecule has 0 aromatic heterocycles. The highest BCUT2D eigenvalue weighted by molar-refractivity contribution is 7.92. The Morgan fingerprint density at radius 3 is 2.00 bits per heavy atom. The Morgan fingerprint density at radius 2 is 1.60 bits per heavy atom. The van der Waals surface area contributed by atoms with Gasteiger partial charge in [-0.05, 0) is 40.2 Å². The van der Waals surface area contributed by atoms with Crippen molar-refractivity contribution in [2.24, 2.45) is 0 Å². The molecular formula is C11H25NO2S. The van der Waals surface area contributed by atoms with Crippen molar-refractivity contribution in [1.82, 2.24) is 5.32 Å². The van der Waals surface area contributed by atoms with Crippen LogP contribution in [0.15, 0.2) is 0 Å². The van der Waals surface area contributed by atoms with Crippen molar-refractivity contribution in [1.29, 1.82) is 0 Å². The fourth-order valence-corrected chi connectivity index (χ4v) is 3.51. The van der Waals surface area contributed by atoms with Crippen LogP contribution in [-0.4, -0.2) is 31.5 Å². The Bertz CT molecular complexity index is 262. The molecule has 3 nitrogen and oxygen atoms in total. The van der Waals surface area contributed by atoms with Crippen molar-refractivity contribution < 1.29 is 8.42 Å². The molecule has 0 saturated carbocycles. The largest absolute Gasteiger partial charge is 0.314 e. The third-order valence-electron chi connectivity index (χ3n) is 2.93. The van der Waals surface area contributed by atoms with Gasteiger partial charge in [0.05, 0.1) is 10.5 Å². The average Bonchev–Trinajstić information content (AvgIpc) is 2.16. The van der Waals surface area contributed by atoms with Crippen LogP contribution in [-0.2, 0) is 9.84 Å². The zero-order valence-electron chi connectivity index (χ0n) is 10.6. The maximum absolute atomic E-state index is 12.0. The first kappa shape index (κ1) is 14.9. The molecule has 3 unspecified atom stereocenters. The Labute approximate surface area is 94.6 Å². The SMILES string of the molecule is CCNC(C)CC(C)S(=O)(=O)C(C)CC. The van der Waals surface area contributed by atoms with Crippen LogP contribution in [0.1, 0.15) is 47.5 Å². The monoisotopic (exact) mass is 235 g/mol. The van der Waals surface area contributed by atoms with E-state index < -0.39 is 9.84 Å². The van der Waals surface area contributed by atoms with E-state index in [-0.39, 0.29) is 16.5 Å². The van der Waals surface area contributed by atoms with Crippen LogP contribution < -0.4 is 5.32 Å². The van der Waals surface area contributed by atoms with E-state index in [1.54, 1.807) is 6.92 Å². The summed E-state index contributed by atoms with van der Waals surface area (Å²) in [4.78, 5) is 0. The van der Waals surface area contributed by atoms with Crippen LogP contribution in [0.25, 0.3) is 0 Å². The van der Waals surface area contributed by atoms with E-state index in [0.29, 0.717) is 12.8 Å². The first-order chi connectivity index (χ1) is 6.86. The molecule has 1 N–H and O–H groups in total. The minimum atomic E-state index is -2.94. The molecule has 0 radical (unpaired) electrons. The molecule has 0 heterocycles. The number of rotatable bonds is 7. The van der Waals surface area contributed by atoms with Crippen LogP contribution in [0.4, 0.5) is 0 Å². The summed E-state index contributed by atoms with van der Waals surface area (Å²) in [7, 11) is -2.94. The Morgan fingerprint density at radius 1 is 1.07 bits per heavy atom. The standard InChI is InChI=1S/C11H25NO2S/c1-6-10(4)15(13,14)11(5)8-9(3)12-7-2/h9-12H,6-8H2,1-5H3. The second-order valence-corrected chi connectivity index (χ2v) is 7.10. The molecule has 0 aromatic rings. The van der Waals surface area contributed by atoms with Gasteiger partial charge < -0.3 is 5.32 Å². The van der Waals surface area contributed by atoms with Crippen molar-refractivity contribution in [3.05, 3.63) is 0 Å². The van der Waals surface area contributed by atoms with Crippen molar-refractivity contribution in [3.8, 4) is 0 Å². The number of nitrogens with one attached hydrogen (secondary N) is 1. The minimum absolute atomic E-state index is 0.221. The van der Waals surface area contributed by atoms with Gasteiger partial charge in [-0.15, -0.1) is 0 Å². The van der Waals surface area contributed by atoms with E-state index in [0.717, 1.165) is 6.54 Å². The summed E-state index contributed by atoms with van der Waals surface area (Å²) >= 11 is 0. The van der Waals surface area contributed by atoms with E-state index >= 15 is 0 Å². The molecule has 92 valence electrons. The van der Waals surface area contributed by atoms with E-state index in [1.165, 1.54) is 0 Å². The number of hydrogen-bond donors (Lipinski definition) is 1. The lowest BCUT2D eigenvalue weighted by Gasteiger charge is -2.21. The highest BCUT2D eigenvalue weighted by Crippen LogP contribution is 2.16. The molecule has 15 heavy (non-hydrogen) atoms. The van der Waals surface area contributed by atoms with Gasteiger partial charge in [0.1, 0.15) is 0 Å². The molecule has 0 spiro atoms. The van der Waals surface area contributed by atoms with Crippen molar-refractivity contribution in [3.63, 3.8) is 0 Å². The second-order valence-electron chi connectivity index (χ2n) is 4.31. The maximum Gasteiger partial charge on any atom is 0.155 e. The summed E-state index contributed by atoms with van der Waals surface area (Å²) < 4.78 is 23.9. The quantitative estimate of drug-likeness (QED) is 0.734. The zero-order valence-corrected chi connectivity index (χ0v) is 11.4. The zero-order chi connectivity index (χ0) is 12.1. The van der Waals surface area contributed by atoms with E-state index in [9.17, 15) is 8.42 Å². The lowest BCUT2D eigenvalue weighted by Crippen LogP contribution is -2.35. The topological polar surface area (TPSA) is 46.2 Å². The van der Waals surface area contributed by atoms with Gasteiger partial charge in [0.15, 0.2) is 9.84 Å². The molecule has 0 aliphatic rings. The molecule has 0 saturated heterocycles. The predicted molar refractivity (Wildman–Crippen MR) is 65.9 cm³/mol. The first-order valence-corrected chi connectivity index (χ1v) is 7.43. The van der Waals surface area contributed by atoms with Gasteiger partial charge in [0.25, 0.3) is 0 Å². The normalized spacial score (nSPS) is 18.5. The highest BCUT2D eigenvalue weighted by atomic mass is 32.2. The van der Waals surface area contributed by atoms with E-state index in [2.05, 4.69) is 5.32 Å². The molecule has 0 bridgehead atoms. The molecule has 0 aliphatic carbocycles. The van der Waals surface area contributed by atoms with Crippen LogP contribution in [0.5, 0.6) is 0 Å². The van der Waals surface area contributed by atoms with Crippen LogP contribution in [0.3, 0.4) is 0 Å². The summed E-state index contributed by atoms with van der Waals surface area (Å²) in [6, 6.07) is 0.267. The van der Waals surface area contributed by atoms with Gasteiger partial charge in [-0.2, -0.15) is 0 Å². The third-order valence-corrected chi connectivity index (χ3v) is 5.70. The van der Waals surface area contributed by atoms with Gasteiger partial charge in [0, 0.05) is 6.04 Å². The molecule has 0 amide bonds. The third kappa shape index (κ3) is 4.51. The van der Waals surface area contributed by atoms with Gasteiger partial charge in [-0.1, -0.05) is 13.8 Å². The Balaban J connectivity index is 4.37. The first-order valence-electron chi connectivity index (χ1n) is 5.82. The highest BCUT2D eigenvalue weighted by Gasteiger charge is 2.27. The number of hydrogen-bond acceptors (Lipinski definition) is 3. The van der Waals surface area contributed by atoms with Gasteiger partial charge >= 0.3 is 0 Å². The van der Waals surface area contributed by atoms with Crippen LogP contribution in [0.2, 0.25) is 0 Å². The minimum Gasteiger partial charge on any atom is -0.314 e. The molecule has 0 aliphatic heterocycles. The summed E-state index contributed by atoms with van der Waals surface area (Å²) in [6.45, 7) is 10.5. The fraction of sp³-hybridized carbons (Fsp3) is 1.00. The van der Waals surface area contributed by atoms with Crippen LogP contribution >= 0.6 is 0 Å². The summed E-state index contributed by atoms with van der Waals surface area (Å²) in [5.74, 6) is 0. The van der Waals surface area contributed by atoms with Crippen molar-refractivity contribution >= 4 is 9.84 Å². The van der Waals surface area contributed by atoms with Crippen molar-refractivity contribution in [2.75, 3.05) is 6.54 Å². The molecular weight excluding hydrogens is 210 g/mol. The molecule has 0 fully saturated rings. The smallest absolute Gasteiger partial charge is 0.155 e. The predicted octanol–water partition coefficient (Wildman–Crippen LogP) is 1.98. The summed E-state index contributed by atoms with van der Waals surface area (Å²) in [6.07, 6.45) is 1.39. The summed E-state index contributed by atoms with van der Waals surface area (Å²) in [5.41, 5.74) is 0. The fourth-order valence-electron chi connectivity index (χ4n) is 1.69. The van der Waals surface area contributed by atoms with E-state index in [4.69, 9.17) is 0 Å². The molecule has 4 heteroatoms. The Kier molecular flexibility index (Phi) is 6.44. The van der Waals surface area contributed by atoms with Crippen LogP contribution in [0, 0.1) is 0 Å². The Hall–Kier alpha value is -0.0900. The maximum atomic E-state index is 12.0. The molecule has 3 atom stereocenters. The summed E-state index contributed by atoms with van der Waals surface area (Å²) in [5, 5.41) is 2.77. The lowest BCUT2D eigenvalue weighted by atomic mass is 10.2. The lowest BCUT2D eigenvalue weighted by molar-refractivity contribution is 0.504. The van der Waals surface area contributed by atoms with Gasteiger partial charge in [0.2, 0.25) is 0 Å². The average molecular weight is 235 g/mol. The second kappa shape index (κ2) is 6.48. The van der Waals surface area contributed by atoms with Gasteiger partial charge in [-0.3, -0.25) is 0 Å². The van der Waals surface area contributed by atoms with E-state index in [1.807, 2.05) is 27.7 Å². The molecule has 0 rings (SSSR count). The van der Waals surface area contributed by atoms with Crippen molar-refractivity contribution in [2.45, 2.75) is 64.0 Å². The molecule has 0 aromatic carbocycles.